The maximum atomic E-state index is 13.3. The number of hydrogen-bond donors (Lipinski definition) is 5. The molecular formula is C37H39N7O7. The van der Waals surface area contributed by atoms with E-state index in [2.05, 4.69) is 20.8 Å². The summed E-state index contributed by atoms with van der Waals surface area (Å²) in [6.07, 6.45) is 2.85. The molecule has 7 rings (SSSR count). The zero-order valence-electron chi connectivity index (χ0n) is 28.3. The van der Waals surface area contributed by atoms with Gasteiger partial charge in [-0.15, -0.1) is 5.10 Å². The minimum atomic E-state index is -0.730. The Morgan fingerprint density at radius 2 is 1.69 bits per heavy atom. The highest BCUT2D eigenvalue weighted by molar-refractivity contribution is 6.06. The van der Waals surface area contributed by atoms with E-state index in [1.54, 1.807) is 29.2 Å². The number of nitrogens with zero attached hydrogens (tertiary/aromatic N) is 5. The summed E-state index contributed by atoms with van der Waals surface area (Å²) in [6.45, 7) is 5.16. The average molecular weight is 694 g/mol. The molecule has 3 aliphatic heterocycles. The van der Waals surface area contributed by atoms with E-state index in [-0.39, 0.29) is 66.5 Å². The Bertz CT molecular complexity index is 2030. The number of phenols is 2. The number of carbonyl (C=O) groups is 4. The summed E-state index contributed by atoms with van der Waals surface area (Å²) in [5.74, 6) is -0.731. The van der Waals surface area contributed by atoms with Crippen LogP contribution in [-0.4, -0.2) is 82.8 Å². The molecule has 0 aliphatic carbocycles. The number of likely N-dealkylation sites (tertiary alicyclic amines) is 1. The van der Waals surface area contributed by atoms with Crippen molar-refractivity contribution < 1.29 is 34.5 Å². The maximum absolute atomic E-state index is 13.3. The summed E-state index contributed by atoms with van der Waals surface area (Å²) in [4.78, 5) is 53.8. The number of phenolic OH excluding ortho intramolecular Hbond substituents is 2. The predicted molar refractivity (Wildman–Crippen MR) is 185 cm³/mol. The molecule has 14 heteroatoms. The first-order chi connectivity index (χ1) is 24.5. The van der Waals surface area contributed by atoms with Gasteiger partial charge in [-0.1, -0.05) is 37.1 Å². The second kappa shape index (κ2) is 13.4. The summed E-state index contributed by atoms with van der Waals surface area (Å²) in [5, 5.41) is 44.7. The zero-order chi connectivity index (χ0) is 36.0. The van der Waals surface area contributed by atoms with E-state index in [0.29, 0.717) is 52.6 Å². The molecule has 264 valence electrons. The lowest BCUT2D eigenvalue weighted by Crippen LogP contribution is -2.52. The van der Waals surface area contributed by atoms with E-state index >= 15 is 0 Å². The number of anilines is 1. The molecule has 3 aliphatic rings. The molecule has 5 N–H and O–H groups in total. The molecule has 0 spiro atoms. The van der Waals surface area contributed by atoms with E-state index in [4.69, 9.17) is 0 Å². The molecule has 1 atom stereocenters. The number of imide groups is 1. The van der Waals surface area contributed by atoms with Gasteiger partial charge in [-0.3, -0.25) is 19.7 Å². The van der Waals surface area contributed by atoms with Crippen LogP contribution in [0.2, 0.25) is 0 Å². The normalized spacial score (nSPS) is 17.9. The molecule has 1 aromatic heterocycles. The number of amides is 5. The molecule has 0 saturated carbocycles. The van der Waals surface area contributed by atoms with Gasteiger partial charge >= 0.3 is 12.0 Å². The molecule has 2 fully saturated rings. The summed E-state index contributed by atoms with van der Waals surface area (Å²) >= 11 is 0. The molecule has 2 saturated heterocycles. The Kier molecular flexibility index (Phi) is 8.83. The predicted octanol–water partition coefficient (Wildman–Crippen LogP) is 4.42. The van der Waals surface area contributed by atoms with Crippen LogP contribution in [0.5, 0.6) is 17.5 Å². The molecule has 0 radical (unpaired) electrons. The number of carbonyl (C=O) groups excluding carboxylic acids is 4. The minimum Gasteiger partial charge on any atom is -0.508 e. The van der Waals surface area contributed by atoms with Crippen LogP contribution in [0.15, 0.2) is 54.6 Å². The van der Waals surface area contributed by atoms with Crippen LogP contribution in [0.25, 0.3) is 17.1 Å². The molecule has 5 amide bonds. The number of fused-ring (bicyclic) bond motifs is 1. The number of aromatic hydroxyl groups is 3. The third kappa shape index (κ3) is 6.44. The second-order valence-corrected chi connectivity index (χ2v) is 13.7. The van der Waals surface area contributed by atoms with Gasteiger partial charge < -0.3 is 30.4 Å². The van der Waals surface area contributed by atoms with Crippen molar-refractivity contribution in [3.05, 3.63) is 76.9 Å². The first-order valence-corrected chi connectivity index (χ1v) is 17.1. The van der Waals surface area contributed by atoms with Gasteiger partial charge in [0.15, 0.2) is 5.82 Å². The number of aromatic nitrogens is 3. The van der Waals surface area contributed by atoms with E-state index in [0.717, 1.165) is 24.8 Å². The highest BCUT2D eigenvalue weighted by Crippen LogP contribution is 2.39. The average Bonchev–Trinajstić information content (AvgIpc) is 3.65. The van der Waals surface area contributed by atoms with Gasteiger partial charge in [-0.2, -0.15) is 0 Å². The minimum absolute atomic E-state index is 0.00806. The third-order valence-corrected chi connectivity index (χ3v) is 10.1. The fraction of sp³-hybridized carbons (Fsp3) is 0.351. The van der Waals surface area contributed by atoms with Crippen molar-refractivity contribution in [3.63, 3.8) is 0 Å². The lowest BCUT2D eigenvalue weighted by molar-refractivity contribution is -0.136. The lowest BCUT2D eigenvalue weighted by Gasteiger charge is -2.32. The second-order valence-electron chi connectivity index (χ2n) is 13.7. The summed E-state index contributed by atoms with van der Waals surface area (Å²) < 4.78 is 1.45. The summed E-state index contributed by atoms with van der Waals surface area (Å²) in [6, 6.07) is 14.4. The third-order valence-electron chi connectivity index (χ3n) is 10.1. The van der Waals surface area contributed by atoms with Gasteiger partial charge in [-0.05, 0) is 79.0 Å². The first-order valence-electron chi connectivity index (χ1n) is 17.1. The van der Waals surface area contributed by atoms with E-state index in [1.165, 1.54) is 15.5 Å². The molecule has 0 bridgehead atoms. The van der Waals surface area contributed by atoms with Crippen LogP contribution in [0.1, 0.15) is 72.5 Å². The van der Waals surface area contributed by atoms with E-state index < -0.39 is 11.9 Å². The van der Waals surface area contributed by atoms with Gasteiger partial charge in [0.05, 0.1) is 11.3 Å². The summed E-state index contributed by atoms with van der Waals surface area (Å²) in [5.41, 5.74) is 4.30. The standard InChI is InChI=1S/C37H39N7O7/c1-20(2)25-17-26(31(46)18-30(25)45)33-40-41-37(51)44(33)23-8-6-21(7-9-23)16-22-12-14-42(15-13-22)36(50)38-28-5-3-4-24-27(28)19-43(35(24)49)29-10-11-32(47)39-34(29)48/h3-9,17-18,20,22,29,45-46H,10-16,19H2,1-2H3,(H,38,50)(H,41,51)(H,39,47,48)/t29-/m1/s1. The molecule has 3 aromatic carbocycles. The Morgan fingerprint density at radius 1 is 0.941 bits per heavy atom. The molecule has 14 nitrogen and oxygen atoms in total. The Morgan fingerprint density at radius 3 is 2.39 bits per heavy atom. The highest BCUT2D eigenvalue weighted by Gasteiger charge is 2.40. The number of rotatable bonds is 7. The SMILES string of the molecule is CC(C)c1cc(-c2nnc(O)n2-c2ccc(CC3CCN(C(=O)Nc4cccc5c4CN([C@@H]4CCC(=O)NC4=O)C5=O)CC3)cc2)c(O)cc1O. The topological polar surface area (TPSA) is 190 Å². The van der Waals surface area contributed by atoms with Crippen molar-refractivity contribution in [2.45, 2.75) is 64.5 Å². The van der Waals surface area contributed by atoms with Crippen LogP contribution in [0, 0.1) is 5.92 Å². The first kappa shape index (κ1) is 33.6. The number of benzene rings is 3. The Hall–Kier alpha value is -5.92. The smallest absolute Gasteiger partial charge is 0.321 e. The molecule has 4 aromatic rings. The summed E-state index contributed by atoms with van der Waals surface area (Å²) in [7, 11) is 0. The highest BCUT2D eigenvalue weighted by atomic mass is 16.3. The molecule has 0 unspecified atom stereocenters. The van der Waals surface area contributed by atoms with Crippen LogP contribution in [0.3, 0.4) is 0 Å². The van der Waals surface area contributed by atoms with Crippen molar-refractivity contribution >= 4 is 29.4 Å². The maximum Gasteiger partial charge on any atom is 0.321 e. The zero-order valence-corrected chi connectivity index (χ0v) is 28.3. The quantitative estimate of drug-likeness (QED) is 0.175. The Balaban J connectivity index is 0.967. The van der Waals surface area contributed by atoms with Crippen molar-refractivity contribution in [3.8, 4) is 34.6 Å². The van der Waals surface area contributed by atoms with Crippen molar-refractivity contribution in [1.82, 2.24) is 29.9 Å². The molecular weight excluding hydrogens is 654 g/mol. The molecule has 4 heterocycles. The fourth-order valence-corrected chi connectivity index (χ4v) is 7.28. The largest absolute Gasteiger partial charge is 0.508 e. The van der Waals surface area contributed by atoms with Crippen LogP contribution in [0.4, 0.5) is 10.5 Å². The van der Waals surface area contributed by atoms with Gasteiger partial charge in [0.25, 0.3) is 5.91 Å². The van der Waals surface area contributed by atoms with Gasteiger partial charge in [0.2, 0.25) is 11.8 Å². The van der Waals surface area contributed by atoms with Crippen molar-refractivity contribution in [1.29, 1.82) is 0 Å². The fourth-order valence-electron chi connectivity index (χ4n) is 7.28. The van der Waals surface area contributed by atoms with Crippen molar-refractivity contribution in [2.75, 3.05) is 18.4 Å². The molecule has 51 heavy (non-hydrogen) atoms. The number of nitrogens with one attached hydrogen (secondary N) is 2. The van der Waals surface area contributed by atoms with Gasteiger partial charge in [0, 0.05) is 48.9 Å². The number of urea groups is 1. The number of piperidine rings is 2. The Labute approximate surface area is 293 Å². The lowest BCUT2D eigenvalue weighted by atomic mass is 9.90. The van der Waals surface area contributed by atoms with Crippen LogP contribution in [-0.2, 0) is 22.6 Å². The van der Waals surface area contributed by atoms with Crippen LogP contribution >= 0.6 is 0 Å². The van der Waals surface area contributed by atoms with Crippen LogP contribution < -0.4 is 10.6 Å². The van der Waals surface area contributed by atoms with Crippen molar-refractivity contribution in [2.24, 2.45) is 5.92 Å². The van der Waals surface area contributed by atoms with E-state index in [1.807, 2.05) is 38.1 Å². The van der Waals surface area contributed by atoms with Gasteiger partial charge in [0.1, 0.15) is 17.5 Å². The number of hydrogen-bond acceptors (Lipinski definition) is 9. The van der Waals surface area contributed by atoms with E-state index in [9.17, 15) is 34.5 Å². The monoisotopic (exact) mass is 693 g/mol. The van der Waals surface area contributed by atoms with Gasteiger partial charge in [-0.25, -0.2) is 9.36 Å².